The number of carbonyl (C=O) groups excluding carboxylic acids is 1. The Kier molecular flexibility index (Phi) is 4.68. The van der Waals surface area contributed by atoms with Crippen LogP contribution in [-0.4, -0.2) is 48.8 Å². The summed E-state index contributed by atoms with van der Waals surface area (Å²) in [6, 6.07) is 6.80. The van der Waals surface area contributed by atoms with Crippen LogP contribution in [-0.2, 0) is 13.6 Å². The number of aromatic nitrogens is 5. The molecule has 1 spiro atoms. The molecule has 1 aliphatic heterocycles. The number of urea groups is 1. The normalized spacial score (nSPS) is 17.1. The van der Waals surface area contributed by atoms with Gasteiger partial charge in [0.25, 0.3) is 0 Å². The van der Waals surface area contributed by atoms with E-state index in [4.69, 9.17) is 0 Å². The number of amides is 2. The number of nitrogens with zero attached hydrogens (tertiary/aromatic N) is 5. The molecule has 1 saturated carbocycles. The van der Waals surface area contributed by atoms with E-state index in [1.807, 2.05) is 30.3 Å². The maximum absolute atomic E-state index is 15.0. The van der Waals surface area contributed by atoms with Gasteiger partial charge in [-0.1, -0.05) is 19.1 Å². The maximum Gasteiger partial charge on any atom is 0.317 e. The summed E-state index contributed by atoms with van der Waals surface area (Å²) in [6.07, 6.45) is 7.67. The number of H-pyrrole nitrogens is 1. The molecular weight excluding hydrogens is 433 g/mol. The van der Waals surface area contributed by atoms with Crippen LogP contribution in [0.3, 0.4) is 0 Å². The van der Waals surface area contributed by atoms with Gasteiger partial charge >= 0.3 is 6.03 Å². The molecular formula is C25H30FN7O. The Morgan fingerprint density at radius 1 is 1.29 bits per heavy atom. The highest BCUT2D eigenvalue weighted by Crippen LogP contribution is 2.51. The van der Waals surface area contributed by atoms with Gasteiger partial charge in [0, 0.05) is 58.5 Å². The molecule has 1 aliphatic carbocycles. The third-order valence-electron chi connectivity index (χ3n) is 7.07. The molecule has 1 aromatic carbocycles. The van der Waals surface area contributed by atoms with Crippen LogP contribution in [0.25, 0.3) is 33.7 Å². The van der Waals surface area contributed by atoms with E-state index in [1.54, 1.807) is 23.1 Å². The predicted molar refractivity (Wildman–Crippen MR) is 130 cm³/mol. The van der Waals surface area contributed by atoms with Crippen molar-refractivity contribution in [3.05, 3.63) is 54.2 Å². The molecule has 0 atom stereocenters. The monoisotopic (exact) mass is 463 g/mol. The van der Waals surface area contributed by atoms with Gasteiger partial charge in [-0.15, -0.1) is 0 Å². The highest BCUT2D eigenvalue weighted by Gasteiger charge is 2.52. The lowest BCUT2D eigenvalue weighted by atomic mass is 9.58. The van der Waals surface area contributed by atoms with Gasteiger partial charge in [-0.3, -0.25) is 4.68 Å². The minimum absolute atomic E-state index is 0. The van der Waals surface area contributed by atoms with Gasteiger partial charge in [0.05, 0.1) is 17.3 Å². The van der Waals surface area contributed by atoms with E-state index in [9.17, 15) is 9.18 Å². The molecule has 2 aliphatic rings. The minimum Gasteiger partial charge on any atom is -0.336 e. The predicted octanol–water partition coefficient (Wildman–Crippen LogP) is 4.60. The standard InChI is InChI=1S/C25H26FN7O.2H2/c1-15-8-25(9-15)13-33(14-25)24(34)28-10-17-4-3-16(7-20(17)26)19-5-6-27-23-21(19)30-22(31-23)18-11-29-32(2)12-18;;/h3-7,11-12,15H,8-10,13-14H2,1-2H3,(H,28,34)(H,27,30,31);2*1H. The number of aromatic amines is 1. The van der Waals surface area contributed by atoms with Crippen LogP contribution in [0.4, 0.5) is 9.18 Å². The van der Waals surface area contributed by atoms with Crippen molar-refractivity contribution in [1.82, 2.24) is 34.9 Å². The summed E-state index contributed by atoms with van der Waals surface area (Å²) in [5, 5.41) is 7.05. The maximum atomic E-state index is 15.0. The zero-order chi connectivity index (χ0) is 23.4. The lowest BCUT2D eigenvalue weighted by Crippen LogP contribution is -2.64. The molecule has 34 heavy (non-hydrogen) atoms. The first-order valence-corrected chi connectivity index (χ1v) is 11.5. The number of pyridine rings is 1. The van der Waals surface area contributed by atoms with Crippen molar-refractivity contribution in [2.24, 2.45) is 18.4 Å². The summed E-state index contributed by atoms with van der Waals surface area (Å²) in [5.74, 6) is 1.07. The molecule has 178 valence electrons. The van der Waals surface area contributed by atoms with Crippen molar-refractivity contribution < 1.29 is 12.0 Å². The summed E-state index contributed by atoms with van der Waals surface area (Å²) < 4.78 is 16.7. The molecule has 4 aromatic rings. The molecule has 2 amide bonds. The van der Waals surface area contributed by atoms with E-state index in [0.29, 0.717) is 28.0 Å². The fourth-order valence-electron chi connectivity index (χ4n) is 5.56. The highest BCUT2D eigenvalue weighted by atomic mass is 19.1. The lowest BCUT2D eigenvalue weighted by molar-refractivity contribution is -0.0650. The van der Waals surface area contributed by atoms with E-state index < -0.39 is 0 Å². The fourth-order valence-corrected chi connectivity index (χ4v) is 5.56. The molecule has 0 unspecified atom stereocenters. The van der Waals surface area contributed by atoms with E-state index in [0.717, 1.165) is 35.7 Å². The van der Waals surface area contributed by atoms with Gasteiger partial charge in [-0.05, 0) is 36.5 Å². The van der Waals surface area contributed by atoms with Crippen LogP contribution in [0.15, 0.2) is 42.9 Å². The van der Waals surface area contributed by atoms with Gasteiger partial charge < -0.3 is 15.2 Å². The summed E-state index contributed by atoms with van der Waals surface area (Å²) in [4.78, 5) is 26.5. The molecule has 4 heterocycles. The van der Waals surface area contributed by atoms with Crippen molar-refractivity contribution in [2.45, 2.75) is 26.3 Å². The second kappa shape index (κ2) is 7.65. The van der Waals surface area contributed by atoms with E-state index in [1.165, 1.54) is 18.9 Å². The molecule has 1 saturated heterocycles. The third-order valence-corrected chi connectivity index (χ3v) is 7.07. The third kappa shape index (κ3) is 3.52. The average molecular weight is 464 g/mol. The molecule has 2 fully saturated rings. The number of rotatable bonds is 4. The summed E-state index contributed by atoms with van der Waals surface area (Å²) in [5.41, 5.74) is 4.47. The number of hydrogen-bond donors (Lipinski definition) is 2. The van der Waals surface area contributed by atoms with Gasteiger partial charge in [0.2, 0.25) is 0 Å². The van der Waals surface area contributed by atoms with Crippen molar-refractivity contribution >= 4 is 17.2 Å². The van der Waals surface area contributed by atoms with E-state index in [2.05, 4.69) is 32.3 Å². The second-order valence-corrected chi connectivity index (χ2v) is 9.88. The molecule has 2 N–H and O–H groups in total. The van der Waals surface area contributed by atoms with Gasteiger partial charge in [-0.25, -0.2) is 19.2 Å². The van der Waals surface area contributed by atoms with Crippen LogP contribution in [0, 0.1) is 17.2 Å². The van der Waals surface area contributed by atoms with Gasteiger partial charge in [-0.2, -0.15) is 5.10 Å². The number of nitrogens with one attached hydrogen (secondary N) is 2. The van der Waals surface area contributed by atoms with Crippen molar-refractivity contribution in [3.8, 4) is 22.5 Å². The number of hydrogen-bond acceptors (Lipinski definition) is 4. The zero-order valence-electron chi connectivity index (χ0n) is 19.2. The van der Waals surface area contributed by atoms with E-state index in [-0.39, 0.29) is 21.2 Å². The topological polar surface area (TPSA) is 91.7 Å². The Bertz CT molecular complexity index is 1400. The van der Waals surface area contributed by atoms with Crippen molar-refractivity contribution in [1.29, 1.82) is 0 Å². The number of likely N-dealkylation sites (tertiary alicyclic amines) is 1. The van der Waals surface area contributed by atoms with Crippen molar-refractivity contribution in [2.75, 3.05) is 13.1 Å². The summed E-state index contributed by atoms with van der Waals surface area (Å²) in [7, 11) is 1.84. The van der Waals surface area contributed by atoms with Crippen LogP contribution in [0.5, 0.6) is 0 Å². The largest absolute Gasteiger partial charge is 0.336 e. The average Bonchev–Trinajstić information content (AvgIpc) is 3.40. The van der Waals surface area contributed by atoms with Crippen molar-refractivity contribution in [3.63, 3.8) is 0 Å². The minimum atomic E-state index is -0.359. The first kappa shape index (κ1) is 20.8. The molecule has 0 bridgehead atoms. The van der Waals surface area contributed by atoms with Gasteiger partial charge in [0.15, 0.2) is 5.65 Å². The van der Waals surface area contributed by atoms with Crippen LogP contribution >= 0.6 is 0 Å². The number of halogens is 1. The van der Waals surface area contributed by atoms with Gasteiger partial charge in [0.1, 0.15) is 11.6 Å². The smallest absolute Gasteiger partial charge is 0.317 e. The SMILES string of the molecule is CC1CC2(C1)CN(C(=O)NCc1ccc(-c3ccnc4nc(-c5cnn(C)c5)[nH]c34)cc1F)C2.[HH].[HH]. The quantitative estimate of drug-likeness (QED) is 0.463. The van der Waals surface area contributed by atoms with Crippen LogP contribution in [0.2, 0.25) is 0 Å². The Morgan fingerprint density at radius 2 is 2.12 bits per heavy atom. The number of imidazole rings is 1. The Hall–Kier alpha value is -3.75. The van der Waals surface area contributed by atoms with Crippen LogP contribution in [0.1, 0.15) is 28.2 Å². The molecule has 3 aromatic heterocycles. The number of aryl methyl sites for hydroxylation is 1. The van der Waals surface area contributed by atoms with Crippen LogP contribution < -0.4 is 5.32 Å². The first-order chi connectivity index (χ1) is 16.4. The number of fused-ring (bicyclic) bond motifs is 1. The van der Waals surface area contributed by atoms with E-state index >= 15 is 0 Å². The Labute approximate surface area is 199 Å². The Morgan fingerprint density at radius 3 is 2.82 bits per heavy atom. The lowest BCUT2D eigenvalue weighted by Gasteiger charge is -2.58. The Balaban J connectivity index is 0.00000152. The zero-order valence-corrected chi connectivity index (χ0v) is 19.2. The molecule has 9 heteroatoms. The number of benzene rings is 1. The summed E-state index contributed by atoms with van der Waals surface area (Å²) >= 11 is 0. The second-order valence-electron chi connectivity index (χ2n) is 9.88. The number of carbonyl (C=O) groups is 1. The molecule has 6 rings (SSSR count). The fraction of sp³-hybridized carbons (Fsp3) is 0.360. The first-order valence-electron chi connectivity index (χ1n) is 11.5. The highest BCUT2D eigenvalue weighted by molar-refractivity contribution is 5.91. The molecule has 0 radical (unpaired) electrons. The molecule has 8 nitrogen and oxygen atoms in total. The summed E-state index contributed by atoms with van der Waals surface area (Å²) in [6.45, 7) is 4.04.